The maximum absolute atomic E-state index is 13.7. The van der Waals surface area contributed by atoms with Crippen molar-refractivity contribution in [2.75, 3.05) is 18.5 Å². The number of para-hydroxylation sites is 2. The fourth-order valence-electron chi connectivity index (χ4n) is 3.67. The third-order valence-corrected chi connectivity index (χ3v) is 5.30. The number of phenols is 1. The summed E-state index contributed by atoms with van der Waals surface area (Å²) in [4.78, 5) is 40.7. The molecule has 0 bridgehead atoms. The van der Waals surface area contributed by atoms with Crippen molar-refractivity contribution in [2.45, 2.75) is 52.3 Å². The molecule has 2 unspecified atom stereocenters. The topological polar surface area (TPSA) is 128 Å². The van der Waals surface area contributed by atoms with Crippen molar-refractivity contribution in [3.8, 4) is 5.75 Å². The lowest BCUT2D eigenvalue weighted by molar-refractivity contribution is -0.141. The maximum Gasteiger partial charge on any atom is 0.408 e. The van der Waals surface area contributed by atoms with Gasteiger partial charge < -0.3 is 30.5 Å². The van der Waals surface area contributed by atoms with Crippen LogP contribution in [0.4, 0.5) is 10.5 Å². The number of hydrogen-bond donors (Lipinski definition) is 4. The number of carbonyl (C=O) groups excluding carboxylic acids is 3. The van der Waals surface area contributed by atoms with Gasteiger partial charge in [-0.2, -0.15) is 0 Å². The number of aryl methyl sites for hydroxylation is 2. The zero-order chi connectivity index (χ0) is 27.0. The Labute approximate surface area is 211 Å². The Morgan fingerprint density at radius 2 is 1.69 bits per heavy atom. The van der Waals surface area contributed by atoms with Crippen molar-refractivity contribution in [3.63, 3.8) is 0 Å². The Kier molecular flexibility index (Phi) is 9.63. The van der Waals surface area contributed by atoms with E-state index < -0.39 is 42.2 Å². The SMILES string of the molecule is C=CCN(C(=O)C(CO)NC(=O)OC(C)(C)C)C(C(=O)Nc1c(C)cccc1C)c1ccccc1O. The number of anilines is 1. The fraction of sp³-hybridized carbons (Fsp3) is 0.370. The summed E-state index contributed by atoms with van der Waals surface area (Å²) in [7, 11) is 0. The standard InChI is InChI=1S/C27H35N3O6/c1-7-15-30(25(34)20(16-31)28-26(35)36-27(4,5)6)23(19-13-8-9-14-21(19)32)24(33)29-22-17(2)11-10-12-18(22)3/h7-14,20,23,31-32H,1,15-16H2,2-6H3,(H,28,35)(H,29,33). The van der Waals surface area contributed by atoms with Crippen LogP contribution in [-0.2, 0) is 14.3 Å². The zero-order valence-electron chi connectivity index (χ0n) is 21.4. The second-order valence-electron chi connectivity index (χ2n) is 9.38. The number of ether oxygens (including phenoxy) is 1. The molecular weight excluding hydrogens is 462 g/mol. The summed E-state index contributed by atoms with van der Waals surface area (Å²) in [6, 6.07) is 9.02. The van der Waals surface area contributed by atoms with Gasteiger partial charge in [0.15, 0.2) is 0 Å². The smallest absolute Gasteiger partial charge is 0.408 e. The lowest BCUT2D eigenvalue weighted by Gasteiger charge is -2.33. The first-order chi connectivity index (χ1) is 16.9. The summed E-state index contributed by atoms with van der Waals surface area (Å²) < 4.78 is 5.21. The molecule has 0 spiro atoms. The Bertz CT molecular complexity index is 1090. The third kappa shape index (κ3) is 7.32. The van der Waals surface area contributed by atoms with E-state index in [1.807, 2.05) is 32.0 Å². The molecule has 0 fully saturated rings. The van der Waals surface area contributed by atoms with Crippen LogP contribution in [0.3, 0.4) is 0 Å². The van der Waals surface area contributed by atoms with Crippen molar-refractivity contribution >= 4 is 23.6 Å². The van der Waals surface area contributed by atoms with Gasteiger partial charge in [-0.3, -0.25) is 9.59 Å². The number of alkyl carbamates (subject to hydrolysis) is 1. The molecule has 9 nitrogen and oxygen atoms in total. The molecular formula is C27H35N3O6. The molecule has 0 saturated carbocycles. The van der Waals surface area contributed by atoms with Crippen LogP contribution in [0, 0.1) is 13.8 Å². The number of aliphatic hydroxyl groups is 1. The van der Waals surface area contributed by atoms with Crippen LogP contribution in [0.2, 0.25) is 0 Å². The lowest BCUT2D eigenvalue weighted by Crippen LogP contribution is -2.53. The Hall–Kier alpha value is -3.85. The minimum atomic E-state index is -1.40. The van der Waals surface area contributed by atoms with Gasteiger partial charge in [0.1, 0.15) is 23.4 Å². The van der Waals surface area contributed by atoms with Gasteiger partial charge in [-0.15, -0.1) is 6.58 Å². The van der Waals surface area contributed by atoms with Gasteiger partial charge in [0.25, 0.3) is 5.91 Å². The minimum Gasteiger partial charge on any atom is -0.508 e. The van der Waals surface area contributed by atoms with Crippen LogP contribution in [0.25, 0.3) is 0 Å². The average Bonchev–Trinajstić information content (AvgIpc) is 2.79. The summed E-state index contributed by atoms with van der Waals surface area (Å²) in [5.41, 5.74) is 1.57. The summed E-state index contributed by atoms with van der Waals surface area (Å²) in [6.45, 7) is 11.5. The highest BCUT2D eigenvalue weighted by Crippen LogP contribution is 2.31. The first-order valence-corrected chi connectivity index (χ1v) is 11.6. The summed E-state index contributed by atoms with van der Waals surface area (Å²) >= 11 is 0. The van der Waals surface area contributed by atoms with E-state index in [0.29, 0.717) is 5.69 Å². The molecule has 4 N–H and O–H groups in total. The zero-order valence-corrected chi connectivity index (χ0v) is 21.4. The molecule has 2 aromatic rings. The molecule has 9 heteroatoms. The number of nitrogens with one attached hydrogen (secondary N) is 2. The van der Waals surface area contributed by atoms with Crippen LogP contribution >= 0.6 is 0 Å². The molecule has 0 aliphatic rings. The fourth-order valence-corrected chi connectivity index (χ4v) is 3.67. The quantitative estimate of drug-likeness (QED) is 0.392. The van der Waals surface area contributed by atoms with E-state index in [0.717, 1.165) is 16.0 Å². The van der Waals surface area contributed by atoms with Crippen molar-refractivity contribution in [1.82, 2.24) is 10.2 Å². The predicted molar refractivity (Wildman–Crippen MR) is 138 cm³/mol. The van der Waals surface area contributed by atoms with Crippen LogP contribution in [0.1, 0.15) is 43.5 Å². The number of carbonyl (C=O) groups is 3. The molecule has 194 valence electrons. The number of aliphatic hydroxyl groups excluding tert-OH is 1. The molecule has 0 saturated heterocycles. The third-order valence-electron chi connectivity index (χ3n) is 5.30. The first-order valence-electron chi connectivity index (χ1n) is 11.6. The van der Waals surface area contributed by atoms with E-state index in [2.05, 4.69) is 17.2 Å². The Balaban J connectivity index is 2.50. The predicted octanol–water partition coefficient (Wildman–Crippen LogP) is 3.59. The number of rotatable bonds is 9. The summed E-state index contributed by atoms with van der Waals surface area (Å²) in [6.07, 6.45) is 0.520. The van der Waals surface area contributed by atoms with E-state index in [1.54, 1.807) is 32.9 Å². The van der Waals surface area contributed by atoms with Crippen molar-refractivity contribution in [2.24, 2.45) is 0 Å². The molecule has 2 atom stereocenters. The van der Waals surface area contributed by atoms with E-state index in [4.69, 9.17) is 4.74 Å². The van der Waals surface area contributed by atoms with Gasteiger partial charge in [-0.05, 0) is 51.8 Å². The highest BCUT2D eigenvalue weighted by Gasteiger charge is 2.37. The van der Waals surface area contributed by atoms with Crippen molar-refractivity contribution in [3.05, 3.63) is 71.8 Å². The number of hydrogen-bond acceptors (Lipinski definition) is 6. The van der Waals surface area contributed by atoms with Gasteiger partial charge in [0, 0.05) is 17.8 Å². The first kappa shape index (κ1) is 28.4. The van der Waals surface area contributed by atoms with Crippen LogP contribution in [0.15, 0.2) is 55.1 Å². The highest BCUT2D eigenvalue weighted by atomic mass is 16.6. The molecule has 2 aromatic carbocycles. The molecule has 2 rings (SSSR count). The lowest BCUT2D eigenvalue weighted by atomic mass is 10.0. The highest BCUT2D eigenvalue weighted by molar-refractivity contribution is 6.00. The van der Waals surface area contributed by atoms with Gasteiger partial charge in [-0.1, -0.05) is 42.5 Å². The normalized spacial score (nSPS) is 12.7. The van der Waals surface area contributed by atoms with Crippen LogP contribution in [-0.4, -0.2) is 57.8 Å². The Morgan fingerprint density at radius 1 is 1.08 bits per heavy atom. The number of aromatic hydroxyl groups is 1. The van der Waals surface area contributed by atoms with Crippen LogP contribution < -0.4 is 10.6 Å². The maximum atomic E-state index is 13.7. The molecule has 0 aliphatic heterocycles. The van der Waals surface area contributed by atoms with E-state index >= 15 is 0 Å². The minimum absolute atomic E-state index is 0.107. The van der Waals surface area contributed by atoms with Crippen molar-refractivity contribution in [1.29, 1.82) is 0 Å². The monoisotopic (exact) mass is 497 g/mol. The summed E-state index contributed by atoms with van der Waals surface area (Å²) in [5, 5.41) is 25.7. The van der Waals surface area contributed by atoms with E-state index in [1.165, 1.54) is 18.2 Å². The second-order valence-corrected chi connectivity index (χ2v) is 9.38. The van der Waals surface area contributed by atoms with Crippen LogP contribution in [0.5, 0.6) is 5.75 Å². The molecule has 0 heterocycles. The molecule has 0 aromatic heterocycles. The molecule has 36 heavy (non-hydrogen) atoms. The molecule has 0 aliphatic carbocycles. The number of amides is 3. The Morgan fingerprint density at radius 3 is 2.22 bits per heavy atom. The van der Waals surface area contributed by atoms with Crippen molar-refractivity contribution < 1.29 is 29.3 Å². The van der Waals surface area contributed by atoms with Gasteiger partial charge in [0.2, 0.25) is 5.91 Å². The number of nitrogens with zero attached hydrogens (tertiary/aromatic N) is 1. The largest absolute Gasteiger partial charge is 0.508 e. The average molecular weight is 498 g/mol. The number of benzene rings is 2. The van der Waals surface area contributed by atoms with E-state index in [-0.39, 0.29) is 17.9 Å². The van der Waals surface area contributed by atoms with Gasteiger partial charge >= 0.3 is 6.09 Å². The molecule has 3 amide bonds. The van der Waals surface area contributed by atoms with E-state index in [9.17, 15) is 24.6 Å². The molecule has 0 radical (unpaired) electrons. The van der Waals surface area contributed by atoms with Gasteiger partial charge in [-0.25, -0.2) is 4.79 Å². The van der Waals surface area contributed by atoms with Gasteiger partial charge in [0.05, 0.1) is 6.61 Å². The second kappa shape index (κ2) is 12.2. The number of phenolic OH excluding ortho intramolecular Hbond substituents is 1. The summed E-state index contributed by atoms with van der Waals surface area (Å²) in [5.74, 6) is -1.53.